The molecule has 154 valence electrons. The number of nitrogens with one attached hydrogen (secondary N) is 1. The van der Waals surface area contributed by atoms with Crippen LogP contribution in [0.4, 0.5) is 0 Å². The number of hydrogen-bond donors (Lipinski definition) is 1. The third-order valence-corrected chi connectivity index (χ3v) is 5.60. The van der Waals surface area contributed by atoms with Crippen LogP contribution in [0.2, 0.25) is 0 Å². The minimum Gasteiger partial charge on any atom is -0.354 e. The SMILES string of the molecule is CC(C)NC(=O)C1CCN(C(=O)c2cc(-c3ccccc3)nc3ccccc23)CC1. The lowest BCUT2D eigenvalue weighted by atomic mass is 9.94. The first-order valence-corrected chi connectivity index (χ1v) is 10.6. The lowest BCUT2D eigenvalue weighted by molar-refractivity contribution is -0.126. The maximum atomic E-state index is 13.4. The van der Waals surface area contributed by atoms with Gasteiger partial charge in [0.15, 0.2) is 0 Å². The highest BCUT2D eigenvalue weighted by Gasteiger charge is 2.29. The van der Waals surface area contributed by atoms with Crippen molar-refractivity contribution in [3.05, 3.63) is 66.2 Å². The van der Waals surface area contributed by atoms with Crippen molar-refractivity contribution in [3.63, 3.8) is 0 Å². The molecule has 0 bridgehead atoms. The van der Waals surface area contributed by atoms with Crippen LogP contribution >= 0.6 is 0 Å². The Morgan fingerprint density at radius 1 is 1.00 bits per heavy atom. The van der Waals surface area contributed by atoms with E-state index in [2.05, 4.69) is 5.32 Å². The van der Waals surface area contributed by atoms with Crippen molar-refractivity contribution < 1.29 is 9.59 Å². The Morgan fingerprint density at radius 2 is 1.67 bits per heavy atom. The van der Waals surface area contributed by atoms with Gasteiger partial charge in [-0.1, -0.05) is 48.5 Å². The molecule has 1 saturated heterocycles. The van der Waals surface area contributed by atoms with E-state index in [9.17, 15) is 9.59 Å². The molecular weight excluding hydrogens is 374 g/mol. The van der Waals surface area contributed by atoms with E-state index in [1.54, 1.807) is 0 Å². The normalized spacial score (nSPS) is 14.8. The summed E-state index contributed by atoms with van der Waals surface area (Å²) in [7, 11) is 0. The zero-order valence-corrected chi connectivity index (χ0v) is 17.5. The number of fused-ring (bicyclic) bond motifs is 1. The van der Waals surface area contributed by atoms with Crippen LogP contribution in [-0.4, -0.2) is 40.8 Å². The number of piperidine rings is 1. The van der Waals surface area contributed by atoms with Gasteiger partial charge in [0.1, 0.15) is 0 Å². The fourth-order valence-electron chi connectivity index (χ4n) is 4.03. The van der Waals surface area contributed by atoms with Gasteiger partial charge in [-0.3, -0.25) is 9.59 Å². The highest BCUT2D eigenvalue weighted by molar-refractivity contribution is 6.07. The molecule has 3 aromatic rings. The van der Waals surface area contributed by atoms with E-state index >= 15 is 0 Å². The number of carbonyl (C=O) groups is 2. The summed E-state index contributed by atoms with van der Waals surface area (Å²) in [5.74, 6) is 0.0804. The van der Waals surface area contributed by atoms with Crippen molar-refractivity contribution in [1.82, 2.24) is 15.2 Å². The minimum absolute atomic E-state index is 0.00787. The fraction of sp³-hybridized carbons (Fsp3) is 0.320. The van der Waals surface area contributed by atoms with Gasteiger partial charge in [0.2, 0.25) is 5.91 Å². The second kappa shape index (κ2) is 8.66. The van der Waals surface area contributed by atoms with E-state index in [-0.39, 0.29) is 23.8 Å². The summed E-state index contributed by atoms with van der Waals surface area (Å²) in [5, 5.41) is 3.85. The highest BCUT2D eigenvalue weighted by Crippen LogP contribution is 2.27. The minimum atomic E-state index is -0.0227. The fourth-order valence-corrected chi connectivity index (χ4v) is 4.03. The van der Waals surface area contributed by atoms with Crippen molar-refractivity contribution in [2.45, 2.75) is 32.7 Å². The van der Waals surface area contributed by atoms with Gasteiger partial charge in [0.05, 0.1) is 16.8 Å². The average molecular weight is 402 g/mol. The van der Waals surface area contributed by atoms with Crippen LogP contribution < -0.4 is 5.32 Å². The molecule has 1 aliphatic heterocycles. The lowest BCUT2D eigenvalue weighted by Gasteiger charge is -2.32. The van der Waals surface area contributed by atoms with Gasteiger partial charge in [0, 0.05) is 36.0 Å². The summed E-state index contributed by atoms with van der Waals surface area (Å²) in [5.41, 5.74) is 3.27. The number of benzene rings is 2. The Hall–Kier alpha value is -3.21. The van der Waals surface area contributed by atoms with Crippen LogP contribution in [0.3, 0.4) is 0 Å². The monoisotopic (exact) mass is 401 g/mol. The van der Waals surface area contributed by atoms with Crippen LogP contribution in [0.5, 0.6) is 0 Å². The summed E-state index contributed by atoms with van der Waals surface area (Å²) in [6.07, 6.45) is 1.39. The van der Waals surface area contributed by atoms with E-state index in [1.807, 2.05) is 79.4 Å². The average Bonchev–Trinajstić information content (AvgIpc) is 2.78. The first kappa shape index (κ1) is 20.1. The van der Waals surface area contributed by atoms with Crippen LogP contribution in [0, 0.1) is 5.92 Å². The van der Waals surface area contributed by atoms with E-state index in [0.717, 1.165) is 22.2 Å². The van der Waals surface area contributed by atoms with Crippen molar-refractivity contribution in [3.8, 4) is 11.3 Å². The molecule has 5 heteroatoms. The first-order valence-electron chi connectivity index (χ1n) is 10.6. The van der Waals surface area contributed by atoms with Gasteiger partial charge in [0.25, 0.3) is 5.91 Å². The molecule has 2 aromatic carbocycles. The number of hydrogen-bond acceptors (Lipinski definition) is 3. The van der Waals surface area contributed by atoms with Crippen molar-refractivity contribution in [2.24, 2.45) is 5.92 Å². The number of para-hydroxylation sites is 1. The third kappa shape index (κ3) is 4.20. The number of amides is 2. The number of pyridine rings is 1. The van der Waals surface area contributed by atoms with Crippen LogP contribution in [0.25, 0.3) is 22.2 Å². The molecule has 1 aliphatic rings. The Labute approximate surface area is 177 Å². The molecule has 0 aliphatic carbocycles. The lowest BCUT2D eigenvalue weighted by Crippen LogP contribution is -2.44. The zero-order chi connectivity index (χ0) is 21.1. The molecule has 1 aromatic heterocycles. The zero-order valence-electron chi connectivity index (χ0n) is 17.5. The Balaban J connectivity index is 1.60. The number of likely N-dealkylation sites (tertiary alicyclic amines) is 1. The molecule has 1 fully saturated rings. The van der Waals surface area contributed by atoms with Crippen molar-refractivity contribution >= 4 is 22.7 Å². The Kier molecular flexibility index (Phi) is 5.79. The topological polar surface area (TPSA) is 62.3 Å². The van der Waals surface area contributed by atoms with Gasteiger partial charge in [-0.15, -0.1) is 0 Å². The predicted molar refractivity (Wildman–Crippen MR) is 119 cm³/mol. The Morgan fingerprint density at radius 3 is 2.37 bits per heavy atom. The third-order valence-electron chi connectivity index (χ3n) is 5.60. The van der Waals surface area contributed by atoms with Gasteiger partial charge in [-0.25, -0.2) is 4.98 Å². The van der Waals surface area contributed by atoms with E-state index < -0.39 is 0 Å². The molecular formula is C25H27N3O2. The van der Waals surface area contributed by atoms with Crippen molar-refractivity contribution in [1.29, 1.82) is 0 Å². The summed E-state index contributed by atoms with van der Waals surface area (Å²) in [6, 6.07) is 19.7. The van der Waals surface area contributed by atoms with Gasteiger partial charge in [-0.2, -0.15) is 0 Å². The molecule has 0 atom stereocenters. The standard InChI is InChI=1S/C25H27N3O2/c1-17(2)26-24(29)19-12-14-28(15-13-19)25(30)21-16-23(18-8-4-3-5-9-18)27-22-11-7-6-10-20(21)22/h3-11,16-17,19H,12-15H2,1-2H3,(H,26,29). The molecule has 1 N–H and O–H groups in total. The molecule has 30 heavy (non-hydrogen) atoms. The van der Waals surface area contributed by atoms with Crippen LogP contribution in [0.1, 0.15) is 37.0 Å². The Bertz CT molecular complexity index is 1050. The predicted octanol–water partition coefficient (Wildman–Crippen LogP) is 4.28. The summed E-state index contributed by atoms with van der Waals surface area (Å²) < 4.78 is 0. The largest absolute Gasteiger partial charge is 0.354 e. The molecule has 0 radical (unpaired) electrons. The first-order chi connectivity index (χ1) is 14.5. The molecule has 0 saturated carbocycles. The summed E-state index contributed by atoms with van der Waals surface area (Å²) in [4.78, 5) is 32.4. The van der Waals surface area contributed by atoms with Crippen molar-refractivity contribution in [2.75, 3.05) is 13.1 Å². The highest BCUT2D eigenvalue weighted by atomic mass is 16.2. The smallest absolute Gasteiger partial charge is 0.254 e. The number of rotatable bonds is 4. The number of nitrogens with zero attached hydrogens (tertiary/aromatic N) is 2. The number of carbonyl (C=O) groups excluding carboxylic acids is 2. The van der Waals surface area contributed by atoms with Gasteiger partial charge >= 0.3 is 0 Å². The quantitative estimate of drug-likeness (QED) is 0.710. The second-order valence-corrected chi connectivity index (χ2v) is 8.17. The van der Waals surface area contributed by atoms with Crippen LogP contribution in [-0.2, 0) is 4.79 Å². The van der Waals surface area contributed by atoms with Crippen LogP contribution in [0.15, 0.2) is 60.7 Å². The number of aromatic nitrogens is 1. The molecule has 5 nitrogen and oxygen atoms in total. The molecule has 0 spiro atoms. The molecule has 4 rings (SSSR count). The maximum Gasteiger partial charge on any atom is 0.254 e. The molecule has 0 unspecified atom stereocenters. The second-order valence-electron chi connectivity index (χ2n) is 8.17. The van der Waals surface area contributed by atoms with E-state index in [4.69, 9.17) is 4.98 Å². The van der Waals surface area contributed by atoms with Gasteiger partial charge in [-0.05, 0) is 38.8 Å². The maximum absolute atomic E-state index is 13.4. The van der Waals surface area contributed by atoms with E-state index in [1.165, 1.54) is 0 Å². The van der Waals surface area contributed by atoms with Gasteiger partial charge < -0.3 is 10.2 Å². The summed E-state index contributed by atoms with van der Waals surface area (Å²) in [6.45, 7) is 5.11. The molecule has 2 amide bonds. The van der Waals surface area contributed by atoms with E-state index in [0.29, 0.717) is 31.5 Å². The summed E-state index contributed by atoms with van der Waals surface area (Å²) >= 11 is 0. The molecule has 2 heterocycles.